The van der Waals surface area contributed by atoms with Gasteiger partial charge in [-0.1, -0.05) is 22.0 Å². The van der Waals surface area contributed by atoms with Gasteiger partial charge in [0.2, 0.25) is 10.0 Å². The summed E-state index contributed by atoms with van der Waals surface area (Å²) in [5.74, 6) is 0. The number of rotatable bonds is 3. The van der Waals surface area contributed by atoms with Gasteiger partial charge >= 0.3 is 0 Å². The van der Waals surface area contributed by atoms with E-state index < -0.39 is 10.0 Å². The summed E-state index contributed by atoms with van der Waals surface area (Å²) in [6.07, 6.45) is 1.93. The highest BCUT2D eigenvalue weighted by Gasteiger charge is 2.29. The molecule has 1 heterocycles. The van der Waals surface area contributed by atoms with E-state index in [1.54, 1.807) is 22.5 Å². The second-order valence-corrected chi connectivity index (χ2v) is 7.30. The van der Waals surface area contributed by atoms with Crippen LogP contribution >= 0.6 is 15.9 Å². The van der Waals surface area contributed by atoms with Crippen LogP contribution in [-0.2, 0) is 10.0 Å². The van der Waals surface area contributed by atoms with Crippen LogP contribution in [0, 0.1) is 0 Å². The minimum absolute atomic E-state index is 0.251. The van der Waals surface area contributed by atoms with Gasteiger partial charge in [-0.05, 0) is 38.1 Å². The van der Waals surface area contributed by atoms with Gasteiger partial charge < -0.3 is 5.32 Å². The summed E-state index contributed by atoms with van der Waals surface area (Å²) in [6.45, 7) is 1.15. The Kier molecular flexibility index (Phi) is 4.42. The Morgan fingerprint density at radius 1 is 1.44 bits per heavy atom. The molecule has 1 aromatic rings. The van der Waals surface area contributed by atoms with E-state index in [9.17, 15) is 8.42 Å². The van der Waals surface area contributed by atoms with Gasteiger partial charge in [0.05, 0.1) is 4.90 Å². The molecule has 4 nitrogen and oxygen atoms in total. The zero-order chi connectivity index (χ0) is 13.2. The molecule has 1 N–H and O–H groups in total. The van der Waals surface area contributed by atoms with Crippen molar-refractivity contribution in [3.63, 3.8) is 0 Å². The van der Waals surface area contributed by atoms with Crippen LogP contribution in [-0.4, -0.2) is 38.9 Å². The maximum Gasteiger partial charge on any atom is 0.243 e. The lowest BCUT2D eigenvalue weighted by Gasteiger charge is -2.31. The topological polar surface area (TPSA) is 49.4 Å². The van der Waals surface area contributed by atoms with Crippen molar-refractivity contribution in [2.24, 2.45) is 0 Å². The van der Waals surface area contributed by atoms with E-state index in [0.29, 0.717) is 18.0 Å². The van der Waals surface area contributed by atoms with Crippen LogP contribution in [0.15, 0.2) is 33.6 Å². The smallest absolute Gasteiger partial charge is 0.243 e. The van der Waals surface area contributed by atoms with Crippen LogP contribution in [0.3, 0.4) is 0 Å². The fourth-order valence-electron chi connectivity index (χ4n) is 2.17. The summed E-state index contributed by atoms with van der Waals surface area (Å²) in [5.41, 5.74) is 0. The summed E-state index contributed by atoms with van der Waals surface area (Å²) in [5, 5.41) is 3.15. The number of nitrogens with one attached hydrogen (secondary N) is 1. The molecule has 2 rings (SSSR count). The van der Waals surface area contributed by atoms with Gasteiger partial charge in [0.15, 0.2) is 0 Å². The average Bonchev–Trinajstić information content (AvgIpc) is 2.39. The van der Waals surface area contributed by atoms with E-state index in [0.717, 1.165) is 17.3 Å². The Labute approximate surface area is 117 Å². The number of hydrogen-bond donors (Lipinski definition) is 1. The number of nitrogens with zero attached hydrogens (tertiary/aromatic N) is 1. The van der Waals surface area contributed by atoms with Gasteiger partial charge in [0.1, 0.15) is 0 Å². The summed E-state index contributed by atoms with van der Waals surface area (Å²) >= 11 is 3.31. The molecule has 100 valence electrons. The third-order valence-electron chi connectivity index (χ3n) is 3.23. The minimum Gasteiger partial charge on any atom is -0.316 e. The molecule has 1 aliphatic rings. The zero-order valence-corrected chi connectivity index (χ0v) is 12.7. The van der Waals surface area contributed by atoms with Crippen LogP contribution in [0.4, 0.5) is 0 Å². The maximum atomic E-state index is 12.5. The van der Waals surface area contributed by atoms with Crippen molar-refractivity contribution in [1.82, 2.24) is 9.62 Å². The Morgan fingerprint density at radius 2 is 2.22 bits per heavy atom. The van der Waals surface area contributed by atoms with Crippen molar-refractivity contribution in [2.45, 2.75) is 23.8 Å². The van der Waals surface area contributed by atoms with Crippen LogP contribution in [0.1, 0.15) is 12.8 Å². The number of likely N-dealkylation sites (N-methyl/N-ethyl adjacent to an activating group) is 1. The van der Waals surface area contributed by atoms with Gasteiger partial charge in [-0.3, -0.25) is 0 Å². The second kappa shape index (κ2) is 5.69. The number of halogens is 1. The molecule has 1 fully saturated rings. The molecule has 1 unspecified atom stereocenters. The van der Waals surface area contributed by atoms with Crippen LogP contribution in [0.5, 0.6) is 0 Å². The highest BCUT2D eigenvalue weighted by molar-refractivity contribution is 9.10. The molecule has 0 amide bonds. The molecule has 1 aliphatic heterocycles. The van der Waals surface area contributed by atoms with Gasteiger partial charge in [-0.25, -0.2) is 8.42 Å². The Morgan fingerprint density at radius 3 is 2.89 bits per heavy atom. The van der Waals surface area contributed by atoms with E-state index in [1.165, 1.54) is 0 Å². The maximum absolute atomic E-state index is 12.5. The monoisotopic (exact) mass is 332 g/mol. The van der Waals surface area contributed by atoms with Crippen molar-refractivity contribution in [1.29, 1.82) is 0 Å². The molecule has 0 radical (unpaired) electrons. The normalized spacial score (nSPS) is 22.0. The molecule has 0 aliphatic carbocycles. The lowest BCUT2D eigenvalue weighted by molar-refractivity contribution is 0.293. The molecule has 0 aromatic heterocycles. The molecule has 0 spiro atoms. The second-order valence-electron chi connectivity index (χ2n) is 4.45. The van der Waals surface area contributed by atoms with E-state index in [4.69, 9.17) is 0 Å². The Balaban J connectivity index is 2.25. The van der Waals surface area contributed by atoms with Crippen molar-refractivity contribution in [2.75, 3.05) is 20.1 Å². The molecule has 1 saturated heterocycles. The lowest BCUT2D eigenvalue weighted by Crippen LogP contribution is -2.46. The van der Waals surface area contributed by atoms with Crippen LogP contribution < -0.4 is 5.32 Å². The summed E-state index contributed by atoms with van der Waals surface area (Å²) in [4.78, 5) is 0.355. The SMILES string of the molecule is CNC1CCCN(S(=O)(=O)c2cccc(Br)c2)C1. The third kappa shape index (κ3) is 2.93. The van der Waals surface area contributed by atoms with E-state index in [-0.39, 0.29) is 6.04 Å². The van der Waals surface area contributed by atoms with Crippen LogP contribution in [0.2, 0.25) is 0 Å². The van der Waals surface area contributed by atoms with E-state index >= 15 is 0 Å². The van der Waals surface area contributed by atoms with Crippen molar-refractivity contribution in [3.05, 3.63) is 28.7 Å². The predicted octanol–water partition coefficient (Wildman–Crippen LogP) is 1.82. The van der Waals surface area contributed by atoms with Gasteiger partial charge in [0.25, 0.3) is 0 Å². The first-order chi connectivity index (χ1) is 8.54. The molecule has 0 bridgehead atoms. The number of hydrogen-bond acceptors (Lipinski definition) is 3. The van der Waals surface area contributed by atoms with Gasteiger partial charge in [0, 0.05) is 23.6 Å². The molecule has 0 saturated carbocycles. The standard InChI is InChI=1S/C12H17BrN2O2S/c1-14-11-5-3-7-15(9-11)18(16,17)12-6-2-4-10(13)8-12/h2,4,6,8,11,14H,3,5,7,9H2,1H3. The van der Waals surface area contributed by atoms with Gasteiger partial charge in [-0.2, -0.15) is 4.31 Å². The molecule has 1 aromatic carbocycles. The van der Waals surface area contributed by atoms with Crippen LogP contribution in [0.25, 0.3) is 0 Å². The third-order valence-corrected chi connectivity index (χ3v) is 5.58. The first kappa shape index (κ1) is 14.0. The molecular formula is C12H17BrN2O2S. The summed E-state index contributed by atoms with van der Waals surface area (Å²) in [6, 6.07) is 7.12. The van der Waals surface area contributed by atoms with Crippen molar-refractivity contribution >= 4 is 26.0 Å². The Bertz CT molecular complexity index is 519. The average molecular weight is 333 g/mol. The highest BCUT2D eigenvalue weighted by Crippen LogP contribution is 2.23. The zero-order valence-electron chi connectivity index (χ0n) is 10.3. The van der Waals surface area contributed by atoms with Crippen molar-refractivity contribution < 1.29 is 8.42 Å². The molecule has 1 atom stereocenters. The number of sulfonamides is 1. The van der Waals surface area contributed by atoms with E-state index in [2.05, 4.69) is 21.2 Å². The fraction of sp³-hybridized carbons (Fsp3) is 0.500. The molecule has 18 heavy (non-hydrogen) atoms. The first-order valence-electron chi connectivity index (χ1n) is 5.97. The lowest BCUT2D eigenvalue weighted by atomic mass is 10.1. The Hall–Kier alpha value is -0.430. The van der Waals surface area contributed by atoms with E-state index in [1.807, 2.05) is 13.1 Å². The quantitative estimate of drug-likeness (QED) is 0.918. The number of piperidine rings is 1. The van der Waals surface area contributed by atoms with Gasteiger partial charge in [-0.15, -0.1) is 0 Å². The summed E-state index contributed by atoms with van der Waals surface area (Å²) in [7, 11) is -1.49. The molecule has 6 heteroatoms. The fourth-order valence-corrected chi connectivity index (χ4v) is 4.29. The first-order valence-corrected chi connectivity index (χ1v) is 8.20. The van der Waals surface area contributed by atoms with Crippen molar-refractivity contribution in [3.8, 4) is 0 Å². The molecular weight excluding hydrogens is 316 g/mol. The predicted molar refractivity (Wildman–Crippen MR) is 75.0 cm³/mol. The largest absolute Gasteiger partial charge is 0.316 e. The highest BCUT2D eigenvalue weighted by atomic mass is 79.9. The summed E-state index contributed by atoms with van der Waals surface area (Å²) < 4.78 is 27.3. The minimum atomic E-state index is -3.36. The number of benzene rings is 1.